The van der Waals surface area contributed by atoms with Gasteiger partial charge in [-0.25, -0.2) is 0 Å². The third-order valence-corrected chi connectivity index (χ3v) is 3.96. The minimum atomic E-state index is 0.117. The molecule has 1 heterocycles. The zero-order valence-corrected chi connectivity index (χ0v) is 12.1. The topological polar surface area (TPSA) is 58.7 Å². The molecule has 0 amide bonds. The normalized spacial score (nSPS) is 19.1. The van der Waals surface area contributed by atoms with E-state index in [2.05, 4.69) is 17.0 Å². The van der Waals surface area contributed by atoms with E-state index in [-0.39, 0.29) is 12.6 Å². The summed E-state index contributed by atoms with van der Waals surface area (Å²) < 4.78 is 5.57. The summed E-state index contributed by atoms with van der Waals surface area (Å²) in [5.41, 5.74) is 7.44. The van der Waals surface area contributed by atoms with Gasteiger partial charge in [-0.15, -0.1) is 0 Å². The number of rotatable bonds is 7. The number of nitrogens with two attached hydrogens (primary N) is 1. The van der Waals surface area contributed by atoms with E-state index in [9.17, 15) is 0 Å². The molecule has 20 heavy (non-hydrogen) atoms. The molecular formula is C16H26N2O2. The van der Waals surface area contributed by atoms with Crippen molar-refractivity contribution in [2.75, 3.05) is 32.8 Å². The van der Waals surface area contributed by atoms with E-state index in [1.165, 1.54) is 5.56 Å². The highest BCUT2D eigenvalue weighted by Crippen LogP contribution is 2.17. The molecule has 0 spiro atoms. The first-order chi connectivity index (χ1) is 9.79. The van der Waals surface area contributed by atoms with Gasteiger partial charge >= 0.3 is 0 Å². The summed E-state index contributed by atoms with van der Waals surface area (Å²) in [5, 5.41) is 8.75. The van der Waals surface area contributed by atoms with Gasteiger partial charge in [0.2, 0.25) is 0 Å². The third-order valence-electron chi connectivity index (χ3n) is 3.96. The lowest BCUT2D eigenvalue weighted by atomic mass is 10.0. The van der Waals surface area contributed by atoms with Crippen LogP contribution in [0.1, 0.15) is 30.9 Å². The monoisotopic (exact) mass is 278 g/mol. The number of likely N-dealkylation sites (tertiary alicyclic amines) is 1. The Hall–Kier alpha value is -0.940. The lowest BCUT2D eigenvalue weighted by Crippen LogP contribution is -2.38. The van der Waals surface area contributed by atoms with E-state index in [0.717, 1.165) is 38.9 Å². The first kappa shape index (κ1) is 15.4. The standard InChI is InChI=1S/C16H26N2O2/c17-16(14-4-2-1-3-5-14)8-11-18-9-6-15(7-10-18)20-13-12-19/h1-5,15-16,19H,6-13,17H2. The Morgan fingerprint density at radius 3 is 2.60 bits per heavy atom. The fraction of sp³-hybridized carbons (Fsp3) is 0.625. The first-order valence-corrected chi connectivity index (χ1v) is 7.55. The van der Waals surface area contributed by atoms with Crippen molar-refractivity contribution < 1.29 is 9.84 Å². The second-order valence-corrected chi connectivity index (χ2v) is 5.44. The molecule has 1 saturated heterocycles. The molecule has 0 saturated carbocycles. The molecule has 3 N–H and O–H groups in total. The van der Waals surface area contributed by atoms with Crippen molar-refractivity contribution in [1.29, 1.82) is 0 Å². The van der Waals surface area contributed by atoms with E-state index < -0.39 is 0 Å². The Kier molecular flexibility index (Phi) is 6.47. The molecule has 112 valence electrons. The molecule has 4 nitrogen and oxygen atoms in total. The summed E-state index contributed by atoms with van der Waals surface area (Å²) in [6, 6.07) is 10.4. The second kappa shape index (κ2) is 8.37. The molecule has 1 fully saturated rings. The lowest BCUT2D eigenvalue weighted by molar-refractivity contribution is -0.00802. The number of hydrogen-bond donors (Lipinski definition) is 2. The molecule has 2 rings (SSSR count). The quantitative estimate of drug-likeness (QED) is 0.794. The molecule has 1 aromatic carbocycles. The molecule has 4 heteroatoms. The van der Waals surface area contributed by atoms with Crippen LogP contribution in [-0.4, -0.2) is 49.0 Å². The number of aliphatic hydroxyl groups excluding tert-OH is 1. The number of hydrogen-bond acceptors (Lipinski definition) is 4. The molecule has 0 aromatic heterocycles. The van der Waals surface area contributed by atoms with E-state index in [4.69, 9.17) is 15.6 Å². The Balaban J connectivity index is 1.66. The maximum Gasteiger partial charge on any atom is 0.0701 e. The highest BCUT2D eigenvalue weighted by molar-refractivity contribution is 5.18. The number of piperidine rings is 1. The molecule has 1 aromatic rings. The van der Waals surface area contributed by atoms with Gasteiger partial charge in [0.25, 0.3) is 0 Å². The average molecular weight is 278 g/mol. The smallest absolute Gasteiger partial charge is 0.0701 e. The summed E-state index contributed by atoms with van der Waals surface area (Å²) in [5.74, 6) is 0. The highest BCUT2D eigenvalue weighted by atomic mass is 16.5. The molecule has 1 atom stereocenters. The molecule has 1 aliphatic heterocycles. The van der Waals surface area contributed by atoms with Crippen LogP contribution in [0, 0.1) is 0 Å². The van der Waals surface area contributed by atoms with Gasteiger partial charge in [-0.1, -0.05) is 30.3 Å². The van der Waals surface area contributed by atoms with Gasteiger partial charge in [0.05, 0.1) is 19.3 Å². The van der Waals surface area contributed by atoms with Crippen molar-refractivity contribution in [1.82, 2.24) is 4.90 Å². The van der Waals surface area contributed by atoms with E-state index in [0.29, 0.717) is 12.7 Å². The van der Waals surface area contributed by atoms with Crippen molar-refractivity contribution in [3.05, 3.63) is 35.9 Å². The zero-order valence-electron chi connectivity index (χ0n) is 12.1. The molecule has 1 unspecified atom stereocenters. The van der Waals surface area contributed by atoms with Gasteiger partial charge in [-0.3, -0.25) is 0 Å². The molecular weight excluding hydrogens is 252 g/mol. The summed E-state index contributed by atoms with van der Waals surface area (Å²) in [6.07, 6.45) is 3.43. The minimum absolute atomic E-state index is 0.117. The van der Waals surface area contributed by atoms with Crippen LogP contribution in [0.15, 0.2) is 30.3 Å². The maximum absolute atomic E-state index is 8.75. The third kappa shape index (κ3) is 4.87. The van der Waals surface area contributed by atoms with Crippen LogP contribution in [0.2, 0.25) is 0 Å². The maximum atomic E-state index is 8.75. The van der Waals surface area contributed by atoms with Crippen molar-refractivity contribution in [3.63, 3.8) is 0 Å². The Bertz CT molecular complexity index is 364. The van der Waals surface area contributed by atoms with Crippen molar-refractivity contribution in [2.45, 2.75) is 31.4 Å². The van der Waals surface area contributed by atoms with E-state index in [1.54, 1.807) is 0 Å². The summed E-state index contributed by atoms with van der Waals surface area (Å²) in [7, 11) is 0. The van der Waals surface area contributed by atoms with Crippen LogP contribution in [0.3, 0.4) is 0 Å². The zero-order chi connectivity index (χ0) is 14.2. The van der Waals surface area contributed by atoms with E-state index >= 15 is 0 Å². The van der Waals surface area contributed by atoms with Gasteiger partial charge in [0, 0.05) is 19.1 Å². The number of benzene rings is 1. The average Bonchev–Trinajstić information content (AvgIpc) is 2.52. The van der Waals surface area contributed by atoms with Gasteiger partial charge < -0.3 is 20.5 Å². The number of ether oxygens (including phenoxy) is 1. The Morgan fingerprint density at radius 1 is 1.25 bits per heavy atom. The van der Waals surface area contributed by atoms with Crippen molar-refractivity contribution >= 4 is 0 Å². The van der Waals surface area contributed by atoms with Crippen LogP contribution in [0.5, 0.6) is 0 Å². The summed E-state index contributed by atoms with van der Waals surface area (Å²) >= 11 is 0. The fourth-order valence-corrected chi connectivity index (χ4v) is 2.71. The van der Waals surface area contributed by atoms with E-state index in [1.807, 2.05) is 18.2 Å². The predicted octanol–water partition coefficient (Wildman–Crippen LogP) is 1.55. The van der Waals surface area contributed by atoms with Crippen LogP contribution >= 0.6 is 0 Å². The Morgan fingerprint density at radius 2 is 1.95 bits per heavy atom. The number of aliphatic hydroxyl groups is 1. The van der Waals surface area contributed by atoms with Gasteiger partial charge in [0.1, 0.15) is 0 Å². The summed E-state index contributed by atoms with van der Waals surface area (Å²) in [6.45, 7) is 3.76. The molecule has 0 bridgehead atoms. The number of nitrogens with zero attached hydrogens (tertiary/aromatic N) is 1. The second-order valence-electron chi connectivity index (χ2n) is 5.44. The van der Waals surface area contributed by atoms with Gasteiger partial charge in [-0.2, -0.15) is 0 Å². The van der Waals surface area contributed by atoms with Crippen LogP contribution in [0.4, 0.5) is 0 Å². The molecule has 0 aliphatic carbocycles. The van der Waals surface area contributed by atoms with Crippen LogP contribution < -0.4 is 5.73 Å². The predicted molar refractivity (Wildman–Crippen MR) is 80.5 cm³/mol. The Labute approximate surface area is 121 Å². The minimum Gasteiger partial charge on any atom is -0.394 e. The molecule has 0 radical (unpaired) electrons. The summed E-state index contributed by atoms with van der Waals surface area (Å²) in [4.78, 5) is 2.46. The SMILES string of the molecule is NC(CCN1CCC(OCCO)CC1)c1ccccc1. The van der Waals surface area contributed by atoms with Crippen molar-refractivity contribution in [3.8, 4) is 0 Å². The lowest BCUT2D eigenvalue weighted by Gasteiger charge is -2.32. The van der Waals surface area contributed by atoms with Gasteiger partial charge in [0.15, 0.2) is 0 Å². The van der Waals surface area contributed by atoms with Crippen LogP contribution in [-0.2, 0) is 4.74 Å². The first-order valence-electron chi connectivity index (χ1n) is 7.55. The van der Waals surface area contributed by atoms with Crippen LogP contribution in [0.25, 0.3) is 0 Å². The molecule has 1 aliphatic rings. The van der Waals surface area contributed by atoms with Gasteiger partial charge in [-0.05, 0) is 31.4 Å². The fourth-order valence-electron chi connectivity index (χ4n) is 2.71. The van der Waals surface area contributed by atoms with Crippen molar-refractivity contribution in [2.24, 2.45) is 5.73 Å². The highest BCUT2D eigenvalue weighted by Gasteiger charge is 2.19. The largest absolute Gasteiger partial charge is 0.394 e.